The number of non-ortho nitro benzene ring substituents is 1. The maximum absolute atomic E-state index is 11.7. The van der Waals surface area contributed by atoms with Crippen LogP contribution in [0.1, 0.15) is 23.2 Å². The molecule has 0 amide bonds. The van der Waals surface area contributed by atoms with Crippen molar-refractivity contribution in [3.8, 4) is 0 Å². The summed E-state index contributed by atoms with van der Waals surface area (Å²) in [4.78, 5) is 21.7. The van der Waals surface area contributed by atoms with E-state index in [1.807, 2.05) is 5.01 Å². The van der Waals surface area contributed by atoms with Gasteiger partial charge in [0, 0.05) is 30.8 Å². The minimum atomic E-state index is -0.493. The lowest BCUT2D eigenvalue weighted by atomic mass is 10.1. The molecule has 6 heteroatoms. The van der Waals surface area contributed by atoms with Gasteiger partial charge >= 0.3 is 0 Å². The number of hydrogen-bond acceptors (Lipinski definition) is 5. The molecule has 94 valence electrons. The van der Waals surface area contributed by atoms with Gasteiger partial charge in [0.2, 0.25) is 5.78 Å². The Morgan fingerprint density at radius 1 is 1.28 bits per heavy atom. The van der Waals surface area contributed by atoms with Crippen LogP contribution in [0.5, 0.6) is 0 Å². The Bertz CT molecular complexity index is 476. The fourth-order valence-electron chi connectivity index (χ4n) is 1.77. The molecule has 1 aromatic rings. The Labute approximate surface area is 104 Å². The molecule has 0 atom stereocenters. The third-order valence-electron chi connectivity index (χ3n) is 2.78. The topological polar surface area (TPSA) is 75.8 Å². The summed E-state index contributed by atoms with van der Waals surface area (Å²) < 4.78 is 0. The van der Waals surface area contributed by atoms with Gasteiger partial charge in [-0.2, -0.15) is 5.10 Å². The van der Waals surface area contributed by atoms with Gasteiger partial charge in [-0.15, -0.1) is 0 Å². The van der Waals surface area contributed by atoms with Crippen molar-refractivity contribution < 1.29 is 9.72 Å². The summed E-state index contributed by atoms with van der Waals surface area (Å²) >= 11 is 0. The van der Waals surface area contributed by atoms with Crippen molar-refractivity contribution >= 4 is 17.7 Å². The molecule has 1 fully saturated rings. The summed E-state index contributed by atoms with van der Waals surface area (Å²) in [6.07, 6.45) is 3.47. The number of nitro groups is 1. The van der Waals surface area contributed by atoms with Crippen LogP contribution in [0, 0.1) is 10.1 Å². The molecule has 0 bridgehead atoms. The number of rotatable bonds is 4. The molecule has 0 N–H and O–H groups in total. The largest absolute Gasteiger partial charge is 0.297 e. The number of Topliss-reactive ketones (excluding diaryl/α,β-unsaturated/α-hetero) is 1. The number of hydrazone groups is 1. The maximum atomic E-state index is 11.7. The molecule has 0 spiro atoms. The molecular formula is C12H13N3O3. The van der Waals surface area contributed by atoms with Gasteiger partial charge in [0.05, 0.1) is 11.1 Å². The Kier molecular flexibility index (Phi) is 3.66. The van der Waals surface area contributed by atoms with Crippen LogP contribution >= 0.6 is 0 Å². The zero-order valence-electron chi connectivity index (χ0n) is 9.78. The molecule has 1 aliphatic heterocycles. The number of nitrogens with zero attached hydrogens (tertiary/aromatic N) is 3. The van der Waals surface area contributed by atoms with Gasteiger partial charge in [-0.05, 0) is 25.0 Å². The summed E-state index contributed by atoms with van der Waals surface area (Å²) in [6.45, 7) is 1.76. The van der Waals surface area contributed by atoms with Gasteiger partial charge < -0.3 is 0 Å². The lowest BCUT2D eigenvalue weighted by Crippen LogP contribution is -2.13. The fraction of sp³-hybridized carbons (Fsp3) is 0.333. The van der Waals surface area contributed by atoms with Crippen molar-refractivity contribution in [2.24, 2.45) is 5.10 Å². The lowest BCUT2D eigenvalue weighted by molar-refractivity contribution is -0.384. The van der Waals surface area contributed by atoms with Crippen LogP contribution in [0.4, 0.5) is 5.69 Å². The van der Waals surface area contributed by atoms with E-state index < -0.39 is 4.92 Å². The lowest BCUT2D eigenvalue weighted by Gasteiger charge is -2.08. The van der Waals surface area contributed by atoms with Crippen LogP contribution in [0.25, 0.3) is 0 Å². The molecule has 0 radical (unpaired) electrons. The number of hydrogen-bond donors (Lipinski definition) is 0. The first-order valence-electron chi connectivity index (χ1n) is 5.74. The van der Waals surface area contributed by atoms with Crippen molar-refractivity contribution in [3.05, 3.63) is 39.9 Å². The third kappa shape index (κ3) is 2.91. The molecule has 0 aliphatic carbocycles. The number of carbonyl (C=O) groups excluding carboxylic acids is 1. The van der Waals surface area contributed by atoms with Gasteiger partial charge in [-0.1, -0.05) is 0 Å². The summed E-state index contributed by atoms with van der Waals surface area (Å²) in [6, 6.07) is 5.51. The Hall–Kier alpha value is -2.24. The predicted octanol–water partition coefficient (Wildman–Crippen LogP) is 1.86. The van der Waals surface area contributed by atoms with Gasteiger partial charge in [0.25, 0.3) is 5.69 Å². The van der Waals surface area contributed by atoms with Gasteiger partial charge in [0.15, 0.2) is 0 Å². The van der Waals surface area contributed by atoms with Crippen LogP contribution in [0.3, 0.4) is 0 Å². The first kappa shape index (κ1) is 12.2. The Morgan fingerprint density at radius 2 is 1.89 bits per heavy atom. The predicted molar refractivity (Wildman–Crippen MR) is 66.7 cm³/mol. The fourth-order valence-corrected chi connectivity index (χ4v) is 1.77. The van der Waals surface area contributed by atoms with Crippen LogP contribution in [-0.2, 0) is 0 Å². The highest BCUT2D eigenvalue weighted by Gasteiger charge is 2.10. The van der Waals surface area contributed by atoms with E-state index in [1.165, 1.54) is 30.5 Å². The molecule has 18 heavy (non-hydrogen) atoms. The second-order valence-corrected chi connectivity index (χ2v) is 4.07. The minimum absolute atomic E-state index is 0.0250. The highest BCUT2D eigenvalue weighted by atomic mass is 16.6. The van der Waals surface area contributed by atoms with Crippen molar-refractivity contribution in [1.29, 1.82) is 0 Å². The molecule has 1 heterocycles. The van der Waals surface area contributed by atoms with Gasteiger partial charge in [-0.25, -0.2) is 0 Å². The summed E-state index contributed by atoms with van der Waals surface area (Å²) in [5, 5.41) is 16.4. The van der Waals surface area contributed by atoms with E-state index in [0.717, 1.165) is 25.9 Å². The number of benzene rings is 1. The van der Waals surface area contributed by atoms with E-state index in [2.05, 4.69) is 5.10 Å². The quantitative estimate of drug-likeness (QED) is 0.352. The van der Waals surface area contributed by atoms with Crippen molar-refractivity contribution in [3.63, 3.8) is 0 Å². The van der Waals surface area contributed by atoms with E-state index in [9.17, 15) is 14.9 Å². The summed E-state index contributed by atoms with van der Waals surface area (Å²) in [7, 11) is 0. The number of nitro benzene ring substituents is 1. The van der Waals surface area contributed by atoms with Gasteiger partial charge in [0.1, 0.15) is 0 Å². The molecule has 0 unspecified atom stereocenters. The van der Waals surface area contributed by atoms with Crippen molar-refractivity contribution in [2.45, 2.75) is 12.8 Å². The molecule has 0 aromatic heterocycles. The normalized spacial score (nSPS) is 15.2. The highest BCUT2D eigenvalue weighted by molar-refractivity contribution is 6.35. The monoisotopic (exact) mass is 247 g/mol. The third-order valence-corrected chi connectivity index (χ3v) is 2.78. The average molecular weight is 247 g/mol. The summed E-state index contributed by atoms with van der Waals surface area (Å²) in [5.74, 6) is -0.239. The zero-order valence-corrected chi connectivity index (χ0v) is 9.78. The molecule has 1 aromatic carbocycles. The molecule has 1 aliphatic rings. The molecule has 6 nitrogen and oxygen atoms in total. The molecule has 1 saturated heterocycles. The summed E-state index contributed by atoms with van der Waals surface area (Å²) in [5.41, 5.74) is 0.381. The average Bonchev–Trinajstić information content (AvgIpc) is 2.89. The number of ketones is 1. The standard InChI is InChI=1S/C12H13N3O3/c16-12(9-13-14-7-1-2-8-14)10-3-5-11(6-4-10)15(17)18/h3-6,9H,1-2,7-8H2/b13-9+. The van der Waals surface area contributed by atoms with E-state index in [-0.39, 0.29) is 11.5 Å². The molecule has 2 rings (SSSR count). The highest BCUT2D eigenvalue weighted by Crippen LogP contribution is 2.12. The van der Waals surface area contributed by atoms with Gasteiger partial charge in [-0.3, -0.25) is 19.9 Å². The zero-order chi connectivity index (χ0) is 13.0. The first-order chi connectivity index (χ1) is 8.66. The van der Waals surface area contributed by atoms with Crippen LogP contribution in [0.15, 0.2) is 29.4 Å². The first-order valence-corrected chi connectivity index (χ1v) is 5.74. The van der Waals surface area contributed by atoms with E-state index in [1.54, 1.807) is 0 Å². The van der Waals surface area contributed by atoms with Crippen LogP contribution < -0.4 is 0 Å². The second kappa shape index (κ2) is 5.39. The van der Waals surface area contributed by atoms with Crippen LogP contribution in [0.2, 0.25) is 0 Å². The molecule has 0 saturated carbocycles. The van der Waals surface area contributed by atoms with Crippen molar-refractivity contribution in [1.82, 2.24) is 5.01 Å². The number of carbonyl (C=O) groups is 1. The van der Waals surface area contributed by atoms with Crippen molar-refractivity contribution in [2.75, 3.05) is 13.1 Å². The second-order valence-electron chi connectivity index (χ2n) is 4.07. The van der Waals surface area contributed by atoms with E-state index >= 15 is 0 Å². The van der Waals surface area contributed by atoms with E-state index in [0.29, 0.717) is 5.56 Å². The molecular weight excluding hydrogens is 234 g/mol. The SMILES string of the molecule is O=C(/C=N/N1CCCC1)c1ccc([N+](=O)[O-])cc1. The van der Waals surface area contributed by atoms with Crippen LogP contribution in [-0.4, -0.2) is 35.0 Å². The Balaban J connectivity index is 2.02. The maximum Gasteiger partial charge on any atom is 0.269 e. The smallest absolute Gasteiger partial charge is 0.269 e. The van der Waals surface area contributed by atoms with E-state index in [4.69, 9.17) is 0 Å². The minimum Gasteiger partial charge on any atom is -0.297 e. The Morgan fingerprint density at radius 3 is 2.44 bits per heavy atom.